The molecular weight excluding hydrogens is 595 g/mol. The molecule has 1 unspecified atom stereocenters. The van der Waals surface area contributed by atoms with E-state index in [1.807, 2.05) is 79.0 Å². The van der Waals surface area contributed by atoms with Crippen molar-refractivity contribution in [3.63, 3.8) is 0 Å². The molecule has 1 amide bonds. The van der Waals surface area contributed by atoms with E-state index in [1.165, 1.54) is 0 Å². The largest absolute Gasteiger partial charge is 0.497 e. The van der Waals surface area contributed by atoms with Crippen molar-refractivity contribution in [3.05, 3.63) is 117 Å². The number of aliphatic hydroxyl groups is 1. The van der Waals surface area contributed by atoms with Crippen LogP contribution in [0.2, 0.25) is 10.0 Å². The molecule has 44 heavy (non-hydrogen) atoms. The Kier molecular flexibility index (Phi) is 9.17. The minimum atomic E-state index is -0.730. The maximum Gasteiger partial charge on any atom is 0.252 e. The smallest absolute Gasteiger partial charge is 0.252 e. The number of amides is 1. The zero-order chi connectivity index (χ0) is 30.6. The van der Waals surface area contributed by atoms with Crippen LogP contribution in [0.4, 0.5) is 11.5 Å². The number of nitrogens with zero attached hydrogens (tertiary/aromatic N) is 4. The third-order valence-corrected chi connectivity index (χ3v) is 9.03. The van der Waals surface area contributed by atoms with Crippen LogP contribution in [0.1, 0.15) is 35.1 Å². The van der Waals surface area contributed by atoms with Crippen LogP contribution in [0.3, 0.4) is 0 Å². The second-order valence-corrected chi connectivity index (χ2v) is 12.1. The zero-order valence-electron chi connectivity index (χ0n) is 24.5. The Hall–Kier alpha value is -3.91. The Balaban J connectivity index is 1.41. The first-order valence-corrected chi connectivity index (χ1v) is 15.6. The Morgan fingerprint density at radius 1 is 0.977 bits per heavy atom. The molecule has 6 rings (SSSR count). The highest BCUT2D eigenvalue weighted by Crippen LogP contribution is 2.34. The molecular formula is C35H34Cl2N4O3. The summed E-state index contributed by atoms with van der Waals surface area (Å²) in [7, 11) is 1.63. The molecule has 1 saturated heterocycles. The molecule has 0 spiro atoms. The maximum absolute atomic E-state index is 14.4. The fourth-order valence-corrected chi connectivity index (χ4v) is 6.27. The van der Waals surface area contributed by atoms with Gasteiger partial charge < -0.3 is 19.6 Å². The molecule has 9 heteroatoms. The summed E-state index contributed by atoms with van der Waals surface area (Å²) in [5.41, 5.74) is 4.75. The lowest BCUT2D eigenvalue weighted by molar-refractivity contribution is -0.119. The third kappa shape index (κ3) is 6.46. The van der Waals surface area contributed by atoms with Crippen molar-refractivity contribution in [2.24, 2.45) is 10.9 Å². The molecule has 1 aromatic heterocycles. The quantitative estimate of drug-likeness (QED) is 0.238. The second-order valence-electron chi connectivity index (χ2n) is 11.2. The molecule has 1 atom stereocenters. The first-order chi connectivity index (χ1) is 21.4. The summed E-state index contributed by atoms with van der Waals surface area (Å²) in [6, 6.07) is 24.1. The number of rotatable bonds is 8. The molecule has 7 nitrogen and oxygen atoms in total. The van der Waals surface area contributed by atoms with Crippen LogP contribution >= 0.6 is 23.2 Å². The van der Waals surface area contributed by atoms with Gasteiger partial charge in [0.1, 0.15) is 17.6 Å². The van der Waals surface area contributed by atoms with Crippen molar-refractivity contribution in [1.29, 1.82) is 0 Å². The maximum atomic E-state index is 14.4. The van der Waals surface area contributed by atoms with E-state index < -0.39 is 6.04 Å². The summed E-state index contributed by atoms with van der Waals surface area (Å²) < 4.78 is 5.34. The van der Waals surface area contributed by atoms with Crippen LogP contribution in [0.25, 0.3) is 0 Å². The second kappa shape index (κ2) is 13.4. The van der Waals surface area contributed by atoms with Crippen molar-refractivity contribution in [2.45, 2.75) is 31.8 Å². The van der Waals surface area contributed by atoms with E-state index >= 15 is 0 Å². The lowest BCUT2D eigenvalue weighted by Crippen LogP contribution is -2.38. The van der Waals surface area contributed by atoms with Gasteiger partial charge in [0.05, 0.1) is 25.1 Å². The number of benzene rings is 3. The number of methoxy groups -OCH3 is 1. The monoisotopic (exact) mass is 628 g/mol. The van der Waals surface area contributed by atoms with Gasteiger partial charge in [0.2, 0.25) is 0 Å². The molecule has 0 aliphatic carbocycles. The van der Waals surface area contributed by atoms with Crippen molar-refractivity contribution in [3.8, 4) is 5.75 Å². The number of anilines is 2. The number of piperidine rings is 1. The summed E-state index contributed by atoms with van der Waals surface area (Å²) in [5.74, 6) is 1.85. The molecule has 1 fully saturated rings. The highest BCUT2D eigenvalue weighted by Gasteiger charge is 2.33. The minimum Gasteiger partial charge on any atom is -0.497 e. The van der Waals surface area contributed by atoms with Gasteiger partial charge in [-0.15, -0.1) is 0 Å². The molecule has 226 valence electrons. The molecule has 0 radical (unpaired) electrons. The first kappa shape index (κ1) is 30.1. The van der Waals surface area contributed by atoms with E-state index in [9.17, 15) is 9.90 Å². The summed E-state index contributed by atoms with van der Waals surface area (Å²) in [5, 5.41) is 10.7. The number of ether oxygens (including phenoxy) is 1. The molecule has 3 heterocycles. The summed E-state index contributed by atoms with van der Waals surface area (Å²) >= 11 is 13.1. The number of halogens is 2. The van der Waals surface area contributed by atoms with E-state index in [0.717, 1.165) is 65.4 Å². The van der Waals surface area contributed by atoms with Crippen molar-refractivity contribution in [2.75, 3.05) is 36.6 Å². The molecule has 4 aromatic rings. The normalized spacial score (nSPS) is 17.2. The van der Waals surface area contributed by atoms with Gasteiger partial charge in [0.25, 0.3) is 5.91 Å². The van der Waals surface area contributed by atoms with E-state index in [2.05, 4.69) is 4.90 Å². The molecule has 0 bridgehead atoms. The highest BCUT2D eigenvalue weighted by molar-refractivity contribution is 6.32. The average Bonchev–Trinajstić information content (AvgIpc) is 3.16. The van der Waals surface area contributed by atoms with Gasteiger partial charge in [-0.1, -0.05) is 53.5 Å². The van der Waals surface area contributed by atoms with Crippen LogP contribution in [0.15, 0.2) is 90.1 Å². The highest BCUT2D eigenvalue weighted by atomic mass is 35.5. The van der Waals surface area contributed by atoms with E-state index in [4.69, 9.17) is 37.9 Å². The van der Waals surface area contributed by atoms with Gasteiger partial charge in [-0.25, -0.2) is 4.98 Å². The van der Waals surface area contributed by atoms with Crippen molar-refractivity contribution in [1.82, 2.24) is 4.98 Å². The number of pyridine rings is 1. The summed E-state index contributed by atoms with van der Waals surface area (Å²) in [6.07, 6.45) is 4.05. The predicted octanol–water partition coefficient (Wildman–Crippen LogP) is 6.60. The Morgan fingerprint density at radius 2 is 1.75 bits per heavy atom. The molecule has 1 N–H and O–H groups in total. The number of aromatic nitrogens is 1. The van der Waals surface area contributed by atoms with Gasteiger partial charge in [-0.2, -0.15) is 0 Å². The minimum absolute atomic E-state index is 0.129. The molecule has 2 aliphatic heterocycles. The van der Waals surface area contributed by atoms with Gasteiger partial charge in [0, 0.05) is 53.5 Å². The third-order valence-electron chi connectivity index (χ3n) is 8.43. The number of carbonyl (C=O) groups is 1. The van der Waals surface area contributed by atoms with Gasteiger partial charge in [0.15, 0.2) is 0 Å². The lowest BCUT2D eigenvalue weighted by atomic mass is 9.98. The zero-order valence-corrected chi connectivity index (χ0v) is 26.0. The number of carbonyl (C=O) groups excluding carboxylic acids is 1. The molecule has 3 aromatic carbocycles. The number of hydrogen-bond acceptors (Lipinski definition) is 6. The lowest BCUT2D eigenvalue weighted by Gasteiger charge is -2.32. The Bertz CT molecular complexity index is 1650. The van der Waals surface area contributed by atoms with E-state index in [0.29, 0.717) is 34.6 Å². The van der Waals surface area contributed by atoms with Gasteiger partial charge >= 0.3 is 0 Å². The number of hydrogen-bond donors (Lipinski definition) is 1. The molecule has 0 saturated carbocycles. The fraction of sp³-hybridized carbons (Fsp3) is 0.286. The molecule has 2 aliphatic rings. The Morgan fingerprint density at radius 3 is 2.43 bits per heavy atom. The summed E-state index contributed by atoms with van der Waals surface area (Å²) in [4.78, 5) is 28.4. The average molecular weight is 630 g/mol. The van der Waals surface area contributed by atoms with Crippen LogP contribution in [-0.4, -0.2) is 54.6 Å². The summed E-state index contributed by atoms with van der Waals surface area (Å²) in [6.45, 7) is 2.28. The van der Waals surface area contributed by atoms with Gasteiger partial charge in [-0.3, -0.25) is 9.79 Å². The van der Waals surface area contributed by atoms with Crippen molar-refractivity contribution < 1.29 is 14.6 Å². The predicted molar refractivity (Wildman–Crippen MR) is 176 cm³/mol. The number of aliphatic hydroxyl groups excluding tert-OH is 1. The van der Waals surface area contributed by atoms with Crippen LogP contribution in [0.5, 0.6) is 5.75 Å². The van der Waals surface area contributed by atoms with E-state index in [-0.39, 0.29) is 12.5 Å². The van der Waals surface area contributed by atoms with Crippen LogP contribution in [-0.2, 0) is 17.8 Å². The SMILES string of the molecule is COc1ccc(CN2C(=O)C(Cc3ccccc3Cl)N=C(c3ccc(N4CCC(CO)CC4)nc3)c3cc(Cl)ccc32)cc1. The Labute approximate surface area is 267 Å². The number of benzodiazepines with no additional fused rings is 1. The standard InChI is InChI=1S/C35H34Cl2N4O3/c1-44-28-10-6-23(7-11-28)21-41-32-12-9-27(36)19-29(32)34(39-31(35(41)43)18-25-4-2-3-5-30(25)37)26-8-13-33(38-20-26)40-16-14-24(22-42)15-17-40/h2-13,19-20,24,31,42H,14-18,21-22H2,1H3. The van der Waals surface area contributed by atoms with Gasteiger partial charge in [-0.05, 0) is 78.4 Å². The topological polar surface area (TPSA) is 78.3 Å². The first-order valence-electron chi connectivity index (χ1n) is 14.8. The van der Waals surface area contributed by atoms with Crippen LogP contribution < -0.4 is 14.5 Å². The number of aliphatic imine (C=N–C) groups is 1. The van der Waals surface area contributed by atoms with Crippen molar-refractivity contribution >= 4 is 46.3 Å². The van der Waals surface area contributed by atoms with Crippen LogP contribution in [0, 0.1) is 5.92 Å². The fourth-order valence-electron chi connectivity index (χ4n) is 5.88. The van der Waals surface area contributed by atoms with E-state index in [1.54, 1.807) is 18.1 Å². The number of fused-ring (bicyclic) bond motifs is 1.